The molecule has 0 bridgehead atoms. The predicted octanol–water partition coefficient (Wildman–Crippen LogP) is 2.92. The molecule has 2 heterocycles. The largest absolute Gasteiger partial charge is 0.468 e. The highest BCUT2D eigenvalue weighted by molar-refractivity contribution is 7.89. The molecule has 2 N–H and O–H groups in total. The molecule has 0 aliphatic heterocycles. The molecule has 2 aromatic heterocycles. The van der Waals surface area contributed by atoms with Crippen molar-refractivity contribution >= 4 is 27.7 Å². The summed E-state index contributed by atoms with van der Waals surface area (Å²) in [6.07, 6.45) is 1.44. The van der Waals surface area contributed by atoms with Crippen LogP contribution < -0.4 is 4.72 Å². The number of sulfonamides is 1. The van der Waals surface area contributed by atoms with Gasteiger partial charge >= 0.3 is 11.9 Å². The van der Waals surface area contributed by atoms with Crippen LogP contribution in [-0.4, -0.2) is 44.3 Å². The number of hydrogen-bond acceptors (Lipinski definition) is 8. The van der Waals surface area contributed by atoms with Crippen molar-refractivity contribution in [3.63, 3.8) is 0 Å². The smallest absolute Gasteiger partial charge is 0.340 e. The molecule has 0 unspecified atom stereocenters. The van der Waals surface area contributed by atoms with Crippen LogP contribution in [0.1, 0.15) is 55.1 Å². The van der Waals surface area contributed by atoms with Crippen molar-refractivity contribution in [2.45, 2.75) is 32.2 Å². The molecule has 3 rings (SSSR count). The monoisotopic (exact) mass is 488 g/mol. The molecule has 0 aliphatic carbocycles. The van der Waals surface area contributed by atoms with Gasteiger partial charge in [0.05, 0.1) is 41.1 Å². The summed E-state index contributed by atoms with van der Waals surface area (Å²) in [5.74, 6) is -1.41. The number of ether oxygens (including phenoxy) is 2. The summed E-state index contributed by atoms with van der Waals surface area (Å²) >= 11 is 0. The van der Waals surface area contributed by atoms with Crippen molar-refractivity contribution < 1.29 is 36.7 Å². The summed E-state index contributed by atoms with van der Waals surface area (Å²) in [4.78, 5) is 39.8. The molecule has 11 heteroatoms. The summed E-state index contributed by atoms with van der Waals surface area (Å²) in [6, 6.07) is 8.37. The van der Waals surface area contributed by atoms with E-state index in [4.69, 9.17) is 13.9 Å². The highest BCUT2D eigenvalue weighted by atomic mass is 32.2. The van der Waals surface area contributed by atoms with Gasteiger partial charge in [0.1, 0.15) is 5.76 Å². The molecule has 180 valence electrons. The van der Waals surface area contributed by atoms with Gasteiger partial charge in [0.25, 0.3) is 0 Å². The Kier molecular flexibility index (Phi) is 7.69. The number of rotatable bonds is 10. The van der Waals surface area contributed by atoms with E-state index in [0.717, 1.165) is 0 Å². The number of furan rings is 1. The van der Waals surface area contributed by atoms with Crippen LogP contribution in [-0.2, 0) is 26.0 Å². The van der Waals surface area contributed by atoms with E-state index in [-0.39, 0.29) is 34.9 Å². The van der Waals surface area contributed by atoms with Gasteiger partial charge in [-0.1, -0.05) is 0 Å². The first-order valence-corrected chi connectivity index (χ1v) is 11.8. The van der Waals surface area contributed by atoms with Crippen molar-refractivity contribution in [3.8, 4) is 0 Å². The van der Waals surface area contributed by atoms with Gasteiger partial charge in [0.2, 0.25) is 15.8 Å². The normalized spacial score (nSPS) is 11.3. The van der Waals surface area contributed by atoms with Gasteiger partial charge < -0.3 is 18.9 Å². The number of H-pyrrole nitrogens is 1. The second-order valence-electron chi connectivity index (χ2n) is 7.27. The summed E-state index contributed by atoms with van der Waals surface area (Å²) < 4.78 is 42.3. The first-order chi connectivity index (χ1) is 16.1. The summed E-state index contributed by atoms with van der Waals surface area (Å²) in [7, 11) is -3.82. The predicted molar refractivity (Wildman–Crippen MR) is 120 cm³/mol. The third-order valence-corrected chi connectivity index (χ3v) is 6.36. The van der Waals surface area contributed by atoms with Crippen LogP contribution in [0.3, 0.4) is 0 Å². The highest BCUT2D eigenvalue weighted by Crippen LogP contribution is 2.20. The first-order valence-electron chi connectivity index (χ1n) is 10.3. The number of aryl methyl sites for hydroxylation is 1. The van der Waals surface area contributed by atoms with Crippen LogP contribution in [0.15, 0.2) is 52.0 Å². The third-order valence-electron chi connectivity index (χ3n) is 4.95. The molecule has 0 radical (unpaired) electrons. The lowest BCUT2D eigenvalue weighted by molar-refractivity contribution is 0.0472. The topological polar surface area (TPSA) is 145 Å². The fraction of sp³-hybridized carbons (Fsp3) is 0.261. The van der Waals surface area contributed by atoms with E-state index in [0.29, 0.717) is 17.0 Å². The molecule has 0 saturated heterocycles. The molecule has 34 heavy (non-hydrogen) atoms. The first kappa shape index (κ1) is 24.9. The Morgan fingerprint density at radius 3 is 2.35 bits per heavy atom. The maximum absolute atomic E-state index is 12.5. The van der Waals surface area contributed by atoms with Gasteiger partial charge in [-0.15, -0.1) is 0 Å². The minimum atomic E-state index is -3.82. The van der Waals surface area contributed by atoms with Gasteiger partial charge in [0.15, 0.2) is 6.61 Å². The van der Waals surface area contributed by atoms with E-state index >= 15 is 0 Å². The van der Waals surface area contributed by atoms with Gasteiger partial charge in [-0.2, -0.15) is 0 Å². The lowest BCUT2D eigenvalue weighted by atomic mass is 10.1. The molecule has 0 fully saturated rings. The van der Waals surface area contributed by atoms with Crippen LogP contribution in [0.2, 0.25) is 0 Å². The molecule has 3 aromatic rings. The molecule has 0 aliphatic rings. The molecular weight excluding hydrogens is 464 g/mol. The van der Waals surface area contributed by atoms with Crippen molar-refractivity contribution in [1.29, 1.82) is 0 Å². The Labute approximate surface area is 196 Å². The zero-order valence-electron chi connectivity index (χ0n) is 18.8. The summed E-state index contributed by atoms with van der Waals surface area (Å²) in [5.41, 5.74) is 1.38. The molecule has 0 spiro atoms. The molecule has 0 amide bonds. The average Bonchev–Trinajstić information content (AvgIpc) is 3.43. The maximum atomic E-state index is 12.5. The zero-order chi connectivity index (χ0) is 24.9. The van der Waals surface area contributed by atoms with E-state index in [1.54, 1.807) is 32.9 Å². The third kappa shape index (κ3) is 5.61. The molecule has 10 nitrogen and oxygen atoms in total. The fourth-order valence-corrected chi connectivity index (χ4v) is 4.25. The standard InChI is InChI=1S/C23H24N2O8S/c1-4-31-23(28)20-14(2)21(25-15(20)3)19(26)13-33-22(27)16-7-9-18(10-8-16)34(29,30)24-12-17-6-5-11-32-17/h5-11,24-25H,4,12-13H2,1-3H3. The van der Waals surface area contributed by atoms with Crippen molar-refractivity contribution in [2.24, 2.45) is 0 Å². The average molecular weight is 489 g/mol. The lowest BCUT2D eigenvalue weighted by Gasteiger charge is -2.07. The van der Waals surface area contributed by atoms with Crippen molar-refractivity contribution in [1.82, 2.24) is 9.71 Å². The van der Waals surface area contributed by atoms with Crippen molar-refractivity contribution in [3.05, 3.63) is 76.5 Å². The number of benzene rings is 1. The minimum absolute atomic E-state index is 0.0171. The van der Waals surface area contributed by atoms with Crippen LogP contribution in [0.25, 0.3) is 0 Å². The second-order valence-corrected chi connectivity index (χ2v) is 9.04. The fourth-order valence-electron chi connectivity index (χ4n) is 3.26. The molecule has 0 atom stereocenters. The Morgan fingerprint density at radius 2 is 1.74 bits per heavy atom. The Bertz CT molecular complexity index is 1290. The quantitative estimate of drug-likeness (QED) is 0.327. The number of nitrogens with one attached hydrogen (secondary N) is 2. The summed E-state index contributed by atoms with van der Waals surface area (Å²) in [5, 5.41) is 0. The van der Waals surface area contributed by atoms with Crippen LogP contribution in [0, 0.1) is 13.8 Å². The number of ketones is 1. The number of esters is 2. The zero-order valence-corrected chi connectivity index (χ0v) is 19.7. The van der Waals surface area contributed by atoms with Crippen LogP contribution >= 0.6 is 0 Å². The molecular formula is C23H24N2O8S. The van der Waals surface area contributed by atoms with E-state index in [9.17, 15) is 22.8 Å². The van der Waals surface area contributed by atoms with E-state index in [1.165, 1.54) is 30.5 Å². The van der Waals surface area contributed by atoms with E-state index in [1.807, 2.05) is 0 Å². The number of carbonyl (C=O) groups is 3. The molecule has 1 aromatic carbocycles. The van der Waals surface area contributed by atoms with Crippen LogP contribution in [0.4, 0.5) is 0 Å². The number of Topliss-reactive ketones (excluding diaryl/α,β-unsaturated/α-hetero) is 1. The minimum Gasteiger partial charge on any atom is -0.468 e. The number of aromatic amines is 1. The SMILES string of the molecule is CCOC(=O)c1c(C)[nH]c(C(=O)COC(=O)c2ccc(S(=O)(=O)NCc3ccco3)cc2)c1C. The van der Waals surface area contributed by atoms with E-state index < -0.39 is 34.4 Å². The molecule has 0 saturated carbocycles. The number of hydrogen-bond donors (Lipinski definition) is 2. The van der Waals surface area contributed by atoms with Crippen LogP contribution in [0.5, 0.6) is 0 Å². The number of aromatic nitrogens is 1. The Morgan fingerprint density at radius 1 is 1.03 bits per heavy atom. The Balaban J connectivity index is 1.61. The number of carbonyl (C=O) groups excluding carboxylic acids is 3. The highest BCUT2D eigenvalue weighted by Gasteiger charge is 2.24. The van der Waals surface area contributed by atoms with Gasteiger partial charge in [-0.3, -0.25) is 4.79 Å². The maximum Gasteiger partial charge on any atom is 0.340 e. The Hall–Kier alpha value is -3.70. The van der Waals surface area contributed by atoms with E-state index in [2.05, 4.69) is 9.71 Å². The van der Waals surface area contributed by atoms with Gasteiger partial charge in [-0.05, 0) is 62.7 Å². The van der Waals surface area contributed by atoms with Gasteiger partial charge in [0, 0.05) is 5.69 Å². The second kappa shape index (κ2) is 10.5. The lowest BCUT2D eigenvalue weighted by Crippen LogP contribution is -2.23. The van der Waals surface area contributed by atoms with Crippen molar-refractivity contribution in [2.75, 3.05) is 13.2 Å². The van der Waals surface area contributed by atoms with Gasteiger partial charge in [-0.25, -0.2) is 22.7 Å². The summed E-state index contributed by atoms with van der Waals surface area (Å²) in [6.45, 7) is 4.54.